The van der Waals surface area contributed by atoms with E-state index in [1.807, 2.05) is 30.3 Å². The van der Waals surface area contributed by atoms with Gasteiger partial charge in [-0.1, -0.05) is 49.6 Å². The molecular formula is C23H27N3O3. The normalized spacial score (nSPS) is 20.1. The summed E-state index contributed by atoms with van der Waals surface area (Å²) in [6, 6.07) is 10.0. The van der Waals surface area contributed by atoms with Gasteiger partial charge in [-0.3, -0.25) is 13.9 Å². The van der Waals surface area contributed by atoms with Gasteiger partial charge in [0.1, 0.15) is 6.10 Å². The first-order valence-corrected chi connectivity index (χ1v) is 10.6. The van der Waals surface area contributed by atoms with Gasteiger partial charge in [0.2, 0.25) is 0 Å². The quantitative estimate of drug-likeness (QED) is 0.671. The third kappa shape index (κ3) is 2.73. The second kappa shape index (κ2) is 7.02. The van der Waals surface area contributed by atoms with Crippen LogP contribution < -0.4 is 11.2 Å². The molecule has 0 radical (unpaired) electrons. The number of ether oxygens (including phenoxy) is 1. The summed E-state index contributed by atoms with van der Waals surface area (Å²) in [5, 5.41) is 0.627. The van der Waals surface area contributed by atoms with E-state index in [0.717, 1.165) is 35.3 Å². The minimum atomic E-state index is -0.288. The first-order valence-electron chi connectivity index (χ1n) is 10.6. The lowest BCUT2D eigenvalue weighted by Crippen LogP contribution is -2.37. The number of hydrogen-bond donors (Lipinski definition) is 0. The summed E-state index contributed by atoms with van der Waals surface area (Å²) in [6.07, 6.45) is 5.92. The lowest BCUT2D eigenvalue weighted by atomic mass is 9.83. The van der Waals surface area contributed by atoms with E-state index >= 15 is 0 Å². The molecule has 3 aromatic rings. The molecule has 3 heterocycles. The number of hydrogen-bond acceptors (Lipinski definition) is 3. The fourth-order valence-electron chi connectivity index (χ4n) is 5.30. The van der Waals surface area contributed by atoms with Crippen LogP contribution in [0.15, 0.2) is 39.9 Å². The molecule has 1 fully saturated rings. The fourth-order valence-corrected chi connectivity index (χ4v) is 5.30. The SMILES string of the molecule is Cn1c(=O)c2c(-c3ccccc3)n3c(c2n(C)c1=O)C(C1CCCCC1)OCC3. The van der Waals surface area contributed by atoms with Gasteiger partial charge in [-0.2, -0.15) is 0 Å². The summed E-state index contributed by atoms with van der Waals surface area (Å²) in [6.45, 7) is 1.32. The molecule has 1 aliphatic carbocycles. The van der Waals surface area contributed by atoms with Crippen LogP contribution in [-0.4, -0.2) is 20.3 Å². The van der Waals surface area contributed by atoms with Gasteiger partial charge in [-0.05, 0) is 24.3 Å². The van der Waals surface area contributed by atoms with Crippen LogP contribution in [0.3, 0.4) is 0 Å². The van der Waals surface area contributed by atoms with Gasteiger partial charge in [0.05, 0.1) is 28.9 Å². The number of aromatic nitrogens is 3. The van der Waals surface area contributed by atoms with Gasteiger partial charge < -0.3 is 9.30 Å². The van der Waals surface area contributed by atoms with Gasteiger partial charge in [0, 0.05) is 20.6 Å². The summed E-state index contributed by atoms with van der Waals surface area (Å²) >= 11 is 0. The van der Waals surface area contributed by atoms with E-state index in [4.69, 9.17) is 4.74 Å². The zero-order valence-corrected chi connectivity index (χ0v) is 17.1. The van der Waals surface area contributed by atoms with E-state index in [0.29, 0.717) is 24.5 Å². The van der Waals surface area contributed by atoms with Crippen molar-refractivity contribution in [2.45, 2.75) is 44.8 Å². The van der Waals surface area contributed by atoms with Crippen LogP contribution in [0.25, 0.3) is 22.2 Å². The molecular weight excluding hydrogens is 366 g/mol. The van der Waals surface area contributed by atoms with Crippen LogP contribution in [0, 0.1) is 5.92 Å². The first-order chi connectivity index (χ1) is 14.1. The molecule has 1 aromatic carbocycles. The molecule has 1 atom stereocenters. The van der Waals surface area contributed by atoms with E-state index in [2.05, 4.69) is 4.57 Å². The number of benzene rings is 1. The minimum Gasteiger partial charge on any atom is -0.370 e. The Hall–Kier alpha value is -2.60. The maximum atomic E-state index is 13.3. The maximum Gasteiger partial charge on any atom is 0.331 e. The molecule has 1 unspecified atom stereocenters. The molecule has 6 nitrogen and oxygen atoms in total. The van der Waals surface area contributed by atoms with Crippen LogP contribution in [0.5, 0.6) is 0 Å². The van der Waals surface area contributed by atoms with E-state index in [-0.39, 0.29) is 17.4 Å². The molecule has 0 spiro atoms. The lowest BCUT2D eigenvalue weighted by Gasteiger charge is -2.35. The number of aryl methyl sites for hydroxylation is 1. The molecule has 0 saturated heterocycles. The molecule has 2 aliphatic rings. The Labute approximate surface area is 169 Å². The molecule has 5 rings (SSSR count). The zero-order chi connectivity index (χ0) is 20.1. The second-order valence-electron chi connectivity index (χ2n) is 8.37. The van der Waals surface area contributed by atoms with Gasteiger partial charge in [0.15, 0.2) is 0 Å². The van der Waals surface area contributed by atoms with Crippen LogP contribution in [-0.2, 0) is 25.4 Å². The molecule has 1 saturated carbocycles. The first kappa shape index (κ1) is 18.4. The topological polar surface area (TPSA) is 58.2 Å². The summed E-state index contributed by atoms with van der Waals surface area (Å²) in [4.78, 5) is 26.1. The summed E-state index contributed by atoms with van der Waals surface area (Å²) < 4.78 is 11.4. The molecule has 2 aromatic heterocycles. The highest BCUT2D eigenvalue weighted by atomic mass is 16.5. The smallest absolute Gasteiger partial charge is 0.331 e. The van der Waals surface area contributed by atoms with E-state index < -0.39 is 0 Å². The van der Waals surface area contributed by atoms with Crippen molar-refractivity contribution in [2.75, 3.05) is 6.61 Å². The van der Waals surface area contributed by atoms with Crippen LogP contribution >= 0.6 is 0 Å². The summed E-state index contributed by atoms with van der Waals surface area (Å²) in [5.74, 6) is 0.434. The molecule has 152 valence electrons. The third-order valence-electron chi connectivity index (χ3n) is 6.71. The Morgan fingerprint density at radius 2 is 1.69 bits per heavy atom. The molecule has 0 N–H and O–H groups in total. The fraction of sp³-hybridized carbons (Fsp3) is 0.478. The van der Waals surface area contributed by atoms with E-state index in [1.165, 1.54) is 23.8 Å². The molecule has 6 heteroatoms. The predicted octanol–water partition coefficient (Wildman–Crippen LogP) is 3.36. The highest BCUT2D eigenvalue weighted by Gasteiger charge is 2.36. The van der Waals surface area contributed by atoms with Crippen molar-refractivity contribution in [3.05, 3.63) is 56.9 Å². The average molecular weight is 393 g/mol. The molecule has 1 aliphatic heterocycles. The van der Waals surface area contributed by atoms with Crippen molar-refractivity contribution >= 4 is 10.9 Å². The molecule has 29 heavy (non-hydrogen) atoms. The minimum absolute atomic E-state index is 0.0679. The molecule has 0 amide bonds. The highest BCUT2D eigenvalue weighted by Crippen LogP contribution is 2.44. The third-order valence-corrected chi connectivity index (χ3v) is 6.71. The van der Waals surface area contributed by atoms with Crippen molar-refractivity contribution in [3.8, 4) is 11.3 Å². The lowest BCUT2D eigenvalue weighted by molar-refractivity contribution is -0.0265. The largest absolute Gasteiger partial charge is 0.370 e. The monoisotopic (exact) mass is 393 g/mol. The van der Waals surface area contributed by atoms with Crippen LogP contribution in [0.4, 0.5) is 0 Å². The van der Waals surface area contributed by atoms with Crippen molar-refractivity contribution in [1.82, 2.24) is 13.7 Å². The Kier molecular flexibility index (Phi) is 4.46. The Morgan fingerprint density at radius 1 is 0.966 bits per heavy atom. The second-order valence-corrected chi connectivity index (χ2v) is 8.37. The highest BCUT2D eigenvalue weighted by molar-refractivity contribution is 5.96. The number of nitrogens with zero attached hydrogens (tertiary/aromatic N) is 3. The van der Waals surface area contributed by atoms with Crippen molar-refractivity contribution in [2.24, 2.45) is 20.0 Å². The van der Waals surface area contributed by atoms with Gasteiger partial charge in [0.25, 0.3) is 5.56 Å². The van der Waals surface area contributed by atoms with Crippen molar-refractivity contribution in [1.29, 1.82) is 0 Å². The Balaban J connectivity index is 1.89. The van der Waals surface area contributed by atoms with E-state index in [1.54, 1.807) is 18.7 Å². The average Bonchev–Trinajstić information content (AvgIpc) is 3.13. The zero-order valence-electron chi connectivity index (χ0n) is 17.1. The number of fused-ring (bicyclic) bond motifs is 3. The Morgan fingerprint density at radius 3 is 2.41 bits per heavy atom. The standard InChI is InChI=1S/C23H27N3O3/c1-24-19-17(22(27)25(2)23(24)28)18(15-9-5-3-6-10-15)26-13-14-29-21(20(19)26)16-11-7-4-8-12-16/h3,5-6,9-10,16,21H,4,7-8,11-14H2,1-2H3. The number of rotatable bonds is 2. The van der Waals surface area contributed by atoms with Gasteiger partial charge in [-0.25, -0.2) is 4.79 Å². The summed E-state index contributed by atoms with van der Waals surface area (Å²) in [5.41, 5.74) is 3.15. The predicted molar refractivity (Wildman–Crippen MR) is 113 cm³/mol. The van der Waals surface area contributed by atoms with Crippen LogP contribution in [0.1, 0.15) is 43.9 Å². The molecule has 0 bridgehead atoms. The van der Waals surface area contributed by atoms with Gasteiger partial charge in [-0.15, -0.1) is 0 Å². The van der Waals surface area contributed by atoms with Crippen molar-refractivity contribution < 1.29 is 4.74 Å². The van der Waals surface area contributed by atoms with Gasteiger partial charge >= 0.3 is 5.69 Å². The maximum absolute atomic E-state index is 13.3. The summed E-state index contributed by atoms with van der Waals surface area (Å²) in [7, 11) is 3.33. The van der Waals surface area contributed by atoms with E-state index in [9.17, 15) is 9.59 Å². The Bertz CT molecular complexity index is 1180. The van der Waals surface area contributed by atoms with Crippen LogP contribution in [0.2, 0.25) is 0 Å². The van der Waals surface area contributed by atoms with Crippen molar-refractivity contribution in [3.63, 3.8) is 0 Å².